The summed E-state index contributed by atoms with van der Waals surface area (Å²) in [6.07, 6.45) is 1.43. The molecular formula is C21H23FN4O3. The number of aliphatic hydroxyl groups excluding tert-OH is 1. The molecule has 1 aliphatic rings. The second-order valence-corrected chi connectivity index (χ2v) is 7.26. The summed E-state index contributed by atoms with van der Waals surface area (Å²) >= 11 is 0. The van der Waals surface area contributed by atoms with Crippen molar-refractivity contribution >= 4 is 17.4 Å². The van der Waals surface area contributed by atoms with Gasteiger partial charge in [-0.3, -0.25) is 9.59 Å². The van der Waals surface area contributed by atoms with Crippen molar-refractivity contribution < 1.29 is 19.1 Å². The number of likely N-dealkylation sites (N-methyl/N-ethyl adjacent to an activating group) is 1. The molecule has 0 unspecified atom stereocenters. The Morgan fingerprint density at radius 1 is 1.21 bits per heavy atom. The van der Waals surface area contributed by atoms with Gasteiger partial charge in [0.25, 0.3) is 11.7 Å². The number of hydrogen-bond acceptors (Lipinski definition) is 6. The number of amides is 1. The van der Waals surface area contributed by atoms with Crippen LogP contribution in [0.25, 0.3) is 5.76 Å². The molecule has 2 aromatic rings. The number of ketones is 1. The minimum atomic E-state index is -0.823. The number of carbonyl (C=O) groups is 2. The third-order valence-corrected chi connectivity index (χ3v) is 4.87. The molecule has 0 spiro atoms. The number of hydrogen-bond donors (Lipinski definition) is 1. The second-order valence-electron chi connectivity index (χ2n) is 7.26. The van der Waals surface area contributed by atoms with Crippen LogP contribution in [0, 0.1) is 19.7 Å². The van der Waals surface area contributed by atoms with E-state index in [0.717, 1.165) is 0 Å². The fourth-order valence-electron chi connectivity index (χ4n) is 3.37. The maximum atomic E-state index is 13.5. The van der Waals surface area contributed by atoms with E-state index in [4.69, 9.17) is 0 Å². The van der Waals surface area contributed by atoms with Crippen LogP contribution in [0.5, 0.6) is 0 Å². The summed E-state index contributed by atoms with van der Waals surface area (Å²) in [4.78, 5) is 37.2. The number of rotatable bonds is 5. The lowest BCUT2D eigenvalue weighted by molar-refractivity contribution is -0.140. The molecule has 0 saturated carbocycles. The SMILES string of the molecule is Cc1ncc(/C(O)=C2\C(=O)C(=O)N(CCN(C)C)[C@@H]2c2ccc(F)cc2)c(C)n1. The van der Waals surface area contributed by atoms with E-state index in [0.29, 0.717) is 23.6 Å². The Bertz CT molecular complexity index is 986. The Labute approximate surface area is 168 Å². The average molecular weight is 398 g/mol. The topological polar surface area (TPSA) is 86.6 Å². The molecule has 1 aromatic heterocycles. The molecule has 29 heavy (non-hydrogen) atoms. The Morgan fingerprint density at radius 2 is 1.86 bits per heavy atom. The fraction of sp³-hybridized carbons (Fsp3) is 0.333. The maximum Gasteiger partial charge on any atom is 0.295 e. The first-order valence-corrected chi connectivity index (χ1v) is 9.20. The lowest BCUT2D eigenvalue weighted by Gasteiger charge is -2.26. The van der Waals surface area contributed by atoms with Gasteiger partial charge in [-0.25, -0.2) is 14.4 Å². The molecule has 3 rings (SSSR count). The van der Waals surface area contributed by atoms with Gasteiger partial charge in [0.05, 0.1) is 22.9 Å². The minimum Gasteiger partial charge on any atom is -0.507 e. The van der Waals surface area contributed by atoms with Crippen molar-refractivity contribution in [3.8, 4) is 0 Å². The molecule has 1 aliphatic heterocycles. The number of aryl methyl sites for hydroxylation is 2. The predicted octanol–water partition coefficient (Wildman–Crippen LogP) is 2.22. The number of aliphatic hydroxyl groups is 1. The Hall–Kier alpha value is -3.13. The Morgan fingerprint density at radius 3 is 2.45 bits per heavy atom. The highest BCUT2D eigenvalue weighted by Gasteiger charge is 2.46. The smallest absolute Gasteiger partial charge is 0.295 e. The lowest BCUT2D eigenvalue weighted by atomic mass is 9.95. The monoisotopic (exact) mass is 398 g/mol. The molecular weight excluding hydrogens is 375 g/mol. The summed E-state index contributed by atoms with van der Waals surface area (Å²) in [6.45, 7) is 4.21. The van der Waals surface area contributed by atoms with Crippen molar-refractivity contribution in [3.05, 3.63) is 64.5 Å². The second kappa shape index (κ2) is 8.08. The number of carbonyl (C=O) groups excluding carboxylic acids is 2. The maximum absolute atomic E-state index is 13.5. The van der Waals surface area contributed by atoms with Gasteiger partial charge < -0.3 is 14.9 Å². The van der Waals surface area contributed by atoms with Gasteiger partial charge in [-0.2, -0.15) is 0 Å². The zero-order valence-electron chi connectivity index (χ0n) is 16.8. The van der Waals surface area contributed by atoms with Crippen LogP contribution in [0.1, 0.15) is 28.7 Å². The van der Waals surface area contributed by atoms with Gasteiger partial charge >= 0.3 is 0 Å². The van der Waals surface area contributed by atoms with Crippen LogP contribution in [0.3, 0.4) is 0 Å². The predicted molar refractivity (Wildman–Crippen MR) is 105 cm³/mol. The zero-order chi connectivity index (χ0) is 21.3. The van der Waals surface area contributed by atoms with Gasteiger partial charge in [0, 0.05) is 19.3 Å². The highest BCUT2D eigenvalue weighted by atomic mass is 19.1. The molecule has 0 radical (unpaired) electrons. The summed E-state index contributed by atoms with van der Waals surface area (Å²) in [7, 11) is 3.72. The molecule has 1 amide bonds. The largest absolute Gasteiger partial charge is 0.507 e. The number of nitrogens with zero attached hydrogens (tertiary/aromatic N) is 4. The van der Waals surface area contributed by atoms with Gasteiger partial charge in [-0.1, -0.05) is 12.1 Å². The molecule has 1 N–H and O–H groups in total. The van der Waals surface area contributed by atoms with E-state index in [2.05, 4.69) is 9.97 Å². The number of likely N-dealkylation sites (tertiary alicyclic amines) is 1. The highest BCUT2D eigenvalue weighted by Crippen LogP contribution is 2.39. The van der Waals surface area contributed by atoms with Crippen LogP contribution in [0.2, 0.25) is 0 Å². The summed E-state index contributed by atoms with van der Waals surface area (Å²) in [5.74, 6) is -1.71. The van der Waals surface area contributed by atoms with Gasteiger partial charge in [0.1, 0.15) is 17.4 Å². The van der Waals surface area contributed by atoms with Crippen LogP contribution in [-0.4, -0.2) is 63.7 Å². The number of halogens is 1. The van der Waals surface area contributed by atoms with Gasteiger partial charge in [-0.05, 0) is 45.6 Å². The van der Waals surface area contributed by atoms with E-state index in [1.54, 1.807) is 13.8 Å². The first-order chi connectivity index (χ1) is 13.7. The van der Waals surface area contributed by atoms with Crippen molar-refractivity contribution in [2.24, 2.45) is 0 Å². The highest BCUT2D eigenvalue weighted by molar-refractivity contribution is 6.46. The van der Waals surface area contributed by atoms with Crippen LogP contribution < -0.4 is 0 Å². The minimum absolute atomic E-state index is 0.0454. The lowest BCUT2D eigenvalue weighted by Crippen LogP contribution is -2.35. The van der Waals surface area contributed by atoms with Crippen molar-refractivity contribution in [1.82, 2.24) is 19.8 Å². The summed E-state index contributed by atoms with van der Waals surface area (Å²) in [6, 6.07) is 4.74. The third-order valence-electron chi connectivity index (χ3n) is 4.87. The van der Waals surface area contributed by atoms with Crippen LogP contribution in [0.15, 0.2) is 36.0 Å². The molecule has 8 heteroatoms. The Kier molecular flexibility index (Phi) is 5.74. The zero-order valence-corrected chi connectivity index (χ0v) is 16.8. The van der Waals surface area contributed by atoms with Crippen molar-refractivity contribution in [3.63, 3.8) is 0 Å². The number of benzene rings is 1. The molecule has 1 aromatic carbocycles. The van der Waals surface area contributed by atoms with Gasteiger partial charge in [0.2, 0.25) is 0 Å². The summed E-state index contributed by atoms with van der Waals surface area (Å²) in [5, 5.41) is 11.0. The van der Waals surface area contributed by atoms with E-state index in [-0.39, 0.29) is 23.4 Å². The first kappa shape index (κ1) is 20.6. The van der Waals surface area contributed by atoms with E-state index >= 15 is 0 Å². The van der Waals surface area contributed by atoms with Gasteiger partial charge in [0.15, 0.2) is 0 Å². The third kappa shape index (κ3) is 4.02. The molecule has 152 valence electrons. The van der Waals surface area contributed by atoms with E-state index in [1.165, 1.54) is 35.4 Å². The van der Waals surface area contributed by atoms with E-state index in [1.807, 2.05) is 19.0 Å². The fourth-order valence-corrected chi connectivity index (χ4v) is 3.37. The Balaban J connectivity index is 2.17. The van der Waals surface area contributed by atoms with Crippen LogP contribution >= 0.6 is 0 Å². The van der Waals surface area contributed by atoms with E-state index < -0.39 is 23.5 Å². The molecule has 1 atom stereocenters. The van der Waals surface area contributed by atoms with Crippen LogP contribution in [-0.2, 0) is 9.59 Å². The summed E-state index contributed by atoms with van der Waals surface area (Å²) < 4.78 is 13.5. The van der Waals surface area contributed by atoms with Gasteiger partial charge in [-0.15, -0.1) is 0 Å². The van der Waals surface area contributed by atoms with E-state index in [9.17, 15) is 19.1 Å². The quantitative estimate of drug-likeness (QED) is 0.472. The number of Topliss-reactive ketones (excluding diaryl/α,β-unsaturated/α-hetero) is 1. The molecule has 7 nitrogen and oxygen atoms in total. The molecule has 0 bridgehead atoms. The normalized spacial score (nSPS) is 18.7. The molecule has 1 saturated heterocycles. The molecule has 1 fully saturated rings. The van der Waals surface area contributed by atoms with Crippen molar-refractivity contribution in [1.29, 1.82) is 0 Å². The van der Waals surface area contributed by atoms with Crippen molar-refractivity contribution in [2.45, 2.75) is 19.9 Å². The average Bonchev–Trinajstić information content (AvgIpc) is 2.91. The molecule has 0 aliphatic carbocycles. The van der Waals surface area contributed by atoms with Crippen LogP contribution in [0.4, 0.5) is 4.39 Å². The first-order valence-electron chi connectivity index (χ1n) is 9.20. The summed E-state index contributed by atoms with van der Waals surface area (Å²) in [5.41, 5.74) is 1.27. The number of aromatic nitrogens is 2. The molecule has 2 heterocycles. The van der Waals surface area contributed by atoms with Crippen molar-refractivity contribution in [2.75, 3.05) is 27.2 Å². The standard InChI is InChI=1S/C21H23FN4O3/c1-12-16(11-23-13(2)24-12)19(27)17-18(14-5-7-15(22)8-6-14)26(10-9-25(3)4)21(29)20(17)28/h5-8,11,18,27H,9-10H2,1-4H3/b19-17+/t18-/m1/s1.